The molecule has 4 nitrogen and oxygen atoms in total. The van der Waals surface area contributed by atoms with Gasteiger partial charge in [-0.25, -0.2) is 0 Å². The lowest BCUT2D eigenvalue weighted by molar-refractivity contribution is -0.00869. The number of hydrogen-bond acceptors (Lipinski definition) is 4. The van der Waals surface area contributed by atoms with Crippen LogP contribution in [0.1, 0.15) is 0 Å². The minimum absolute atomic E-state index is 0.332. The molecule has 0 aromatic carbocycles. The number of alkyl halides is 1. The standard InChI is InChI=1S/C5H9ClO4/c6-5-4(9)3(8)2(1-7)10-5/h2-5,7-9H,1H2/t2-,3-,4+,5?/m1/s1. The van der Waals surface area contributed by atoms with Gasteiger partial charge in [0.1, 0.15) is 18.3 Å². The van der Waals surface area contributed by atoms with Crippen molar-refractivity contribution in [3.63, 3.8) is 0 Å². The van der Waals surface area contributed by atoms with Crippen LogP contribution in [0.25, 0.3) is 0 Å². The molecule has 10 heavy (non-hydrogen) atoms. The fraction of sp³-hybridized carbons (Fsp3) is 1.00. The second-order valence-corrected chi connectivity index (χ2v) is 2.62. The fourth-order valence-corrected chi connectivity index (χ4v) is 1.14. The fourth-order valence-electron chi connectivity index (χ4n) is 0.854. The third kappa shape index (κ3) is 1.26. The predicted octanol–water partition coefficient (Wildman–Crippen LogP) is -1.34. The number of aliphatic hydroxyl groups is 3. The first kappa shape index (κ1) is 8.23. The summed E-state index contributed by atoms with van der Waals surface area (Å²) in [5.74, 6) is 0. The van der Waals surface area contributed by atoms with Crippen LogP contribution in [0.5, 0.6) is 0 Å². The molecule has 1 aliphatic heterocycles. The Balaban J connectivity index is 2.53. The van der Waals surface area contributed by atoms with Gasteiger partial charge >= 0.3 is 0 Å². The average Bonchev–Trinajstić information content (AvgIpc) is 2.17. The van der Waals surface area contributed by atoms with Crippen LogP contribution in [0, 0.1) is 0 Å². The number of ether oxygens (including phenoxy) is 1. The van der Waals surface area contributed by atoms with Crippen molar-refractivity contribution < 1.29 is 20.1 Å². The second-order valence-electron chi connectivity index (χ2n) is 2.19. The summed E-state index contributed by atoms with van der Waals surface area (Å²) in [7, 11) is 0. The van der Waals surface area contributed by atoms with Crippen molar-refractivity contribution >= 4 is 11.6 Å². The van der Waals surface area contributed by atoms with E-state index in [0.29, 0.717) is 0 Å². The molecule has 1 unspecified atom stereocenters. The molecule has 4 atom stereocenters. The molecule has 0 aromatic rings. The van der Waals surface area contributed by atoms with Crippen LogP contribution in [0.4, 0.5) is 0 Å². The zero-order valence-corrected chi connectivity index (χ0v) is 5.90. The molecule has 0 bridgehead atoms. The first-order chi connectivity index (χ1) is 4.66. The molecule has 60 valence electrons. The highest BCUT2D eigenvalue weighted by Gasteiger charge is 2.40. The molecule has 3 N–H and O–H groups in total. The Morgan fingerprint density at radius 3 is 2.10 bits per heavy atom. The second kappa shape index (κ2) is 3.02. The number of aliphatic hydroxyl groups excluding tert-OH is 3. The normalized spacial score (nSPS) is 48.0. The lowest BCUT2D eigenvalue weighted by Crippen LogP contribution is -2.32. The van der Waals surface area contributed by atoms with E-state index in [1.54, 1.807) is 0 Å². The maximum atomic E-state index is 9.01. The maximum absolute atomic E-state index is 9.01. The molecule has 0 radical (unpaired) electrons. The highest BCUT2D eigenvalue weighted by atomic mass is 35.5. The Morgan fingerprint density at radius 1 is 1.30 bits per heavy atom. The minimum Gasteiger partial charge on any atom is -0.394 e. The van der Waals surface area contributed by atoms with Crippen molar-refractivity contribution in [3.8, 4) is 0 Å². The first-order valence-corrected chi connectivity index (χ1v) is 3.37. The van der Waals surface area contributed by atoms with Gasteiger partial charge in [-0.05, 0) is 0 Å². The van der Waals surface area contributed by atoms with E-state index < -0.39 is 23.9 Å². The molecule has 0 amide bonds. The van der Waals surface area contributed by atoms with E-state index in [1.807, 2.05) is 0 Å². The molecule has 0 aliphatic carbocycles. The molecule has 1 rings (SSSR count). The van der Waals surface area contributed by atoms with Crippen molar-refractivity contribution in [3.05, 3.63) is 0 Å². The van der Waals surface area contributed by atoms with E-state index in [4.69, 9.17) is 31.7 Å². The molecule has 1 heterocycles. The highest BCUT2D eigenvalue weighted by Crippen LogP contribution is 2.23. The third-order valence-electron chi connectivity index (χ3n) is 1.48. The van der Waals surface area contributed by atoms with Crippen LogP contribution >= 0.6 is 11.6 Å². The van der Waals surface area contributed by atoms with Crippen molar-refractivity contribution in [1.29, 1.82) is 0 Å². The molecule has 0 saturated carbocycles. The van der Waals surface area contributed by atoms with Crippen molar-refractivity contribution in [2.24, 2.45) is 0 Å². The van der Waals surface area contributed by atoms with Crippen LogP contribution in [0.2, 0.25) is 0 Å². The van der Waals surface area contributed by atoms with Gasteiger partial charge in [-0.2, -0.15) is 0 Å². The summed E-state index contributed by atoms with van der Waals surface area (Å²) in [4.78, 5) is 0. The Kier molecular flexibility index (Phi) is 2.49. The van der Waals surface area contributed by atoms with Gasteiger partial charge in [0.15, 0.2) is 5.56 Å². The van der Waals surface area contributed by atoms with E-state index in [2.05, 4.69) is 0 Å². The van der Waals surface area contributed by atoms with Crippen LogP contribution in [-0.4, -0.2) is 45.8 Å². The first-order valence-electron chi connectivity index (χ1n) is 2.93. The van der Waals surface area contributed by atoms with Gasteiger partial charge < -0.3 is 20.1 Å². The smallest absolute Gasteiger partial charge is 0.160 e. The van der Waals surface area contributed by atoms with E-state index in [9.17, 15) is 0 Å². The van der Waals surface area contributed by atoms with Crippen LogP contribution in [0.15, 0.2) is 0 Å². The molecule has 0 aromatic heterocycles. The van der Waals surface area contributed by atoms with Crippen molar-refractivity contribution in [2.75, 3.05) is 6.61 Å². The summed E-state index contributed by atoms with van der Waals surface area (Å²) in [6.07, 6.45) is -2.93. The summed E-state index contributed by atoms with van der Waals surface area (Å²) in [6, 6.07) is 0. The SMILES string of the molecule is OC[C@H]1OC(Cl)[C@@H](O)[C@@H]1O. The lowest BCUT2D eigenvalue weighted by Gasteiger charge is -2.09. The Bertz CT molecular complexity index is 120. The van der Waals surface area contributed by atoms with E-state index in [-0.39, 0.29) is 6.61 Å². The van der Waals surface area contributed by atoms with Gasteiger partial charge in [0, 0.05) is 0 Å². The summed E-state index contributed by atoms with van der Waals surface area (Å²) < 4.78 is 4.75. The van der Waals surface area contributed by atoms with E-state index in [0.717, 1.165) is 0 Å². The van der Waals surface area contributed by atoms with Crippen molar-refractivity contribution in [1.82, 2.24) is 0 Å². The Morgan fingerprint density at radius 2 is 1.90 bits per heavy atom. The quantitative estimate of drug-likeness (QED) is 0.424. The van der Waals surface area contributed by atoms with Gasteiger partial charge in [0.2, 0.25) is 0 Å². The Labute approximate surface area is 63.0 Å². The molecular weight excluding hydrogens is 160 g/mol. The Hall–Kier alpha value is 0.130. The van der Waals surface area contributed by atoms with E-state index >= 15 is 0 Å². The maximum Gasteiger partial charge on any atom is 0.160 e. The summed E-state index contributed by atoms with van der Waals surface area (Å²) in [5.41, 5.74) is -0.910. The monoisotopic (exact) mass is 168 g/mol. The van der Waals surface area contributed by atoms with Gasteiger partial charge in [-0.1, -0.05) is 11.6 Å². The summed E-state index contributed by atoms with van der Waals surface area (Å²) in [6.45, 7) is -0.332. The molecule has 1 aliphatic rings. The topological polar surface area (TPSA) is 69.9 Å². The van der Waals surface area contributed by atoms with Crippen LogP contribution in [-0.2, 0) is 4.74 Å². The number of rotatable bonds is 1. The molecule has 1 saturated heterocycles. The number of halogens is 1. The molecular formula is C5H9ClO4. The lowest BCUT2D eigenvalue weighted by atomic mass is 10.2. The zero-order chi connectivity index (χ0) is 7.72. The zero-order valence-electron chi connectivity index (χ0n) is 5.14. The highest BCUT2D eigenvalue weighted by molar-refractivity contribution is 6.20. The average molecular weight is 169 g/mol. The molecule has 1 fully saturated rings. The van der Waals surface area contributed by atoms with Gasteiger partial charge in [-0.3, -0.25) is 0 Å². The van der Waals surface area contributed by atoms with Gasteiger partial charge in [-0.15, -0.1) is 0 Å². The largest absolute Gasteiger partial charge is 0.394 e. The van der Waals surface area contributed by atoms with E-state index in [1.165, 1.54) is 0 Å². The third-order valence-corrected chi connectivity index (χ3v) is 1.85. The number of hydrogen-bond donors (Lipinski definition) is 3. The molecule has 5 heteroatoms. The van der Waals surface area contributed by atoms with Crippen molar-refractivity contribution in [2.45, 2.75) is 23.9 Å². The predicted molar refractivity (Wildman–Crippen MR) is 33.6 cm³/mol. The summed E-state index contributed by atoms with van der Waals surface area (Å²) in [5, 5.41) is 26.5. The van der Waals surface area contributed by atoms with Gasteiger partial charge in [0.25, 0.3) is 0 Å². The molecule has 0 spiro atoms. The van der Waals surface area contributed by atoms with Crippen LogP contribution < -0.4 is 0 Å². The van der Waals surface area contributed by atoms with Crippen LogP contribution in [0.3, 0.4) is 0 Å². The van der Waals surface area contributed by atoms with Gasteiger partial charge in [0.05, 0.1) is 6.61 Å². The summed E-state index contributed by atoms with van der Waals surface area (Å²) >= 11 is 5.39. The minimum atomic E-state index is -1.10.